The van der Waals surface area contributed by atoms with E-state index in [-0.39, 0.29) is 0 Å². The highest BCUT2D eigenvalue weighted by Gasteiger charge is 2.33. The van der Waals surface area contributed by atoms with Crippen molar-refractivity contribution >= 4 is 49.9 Å². The Kier molecular flexibility index (Phi) is 5.92. The van der Waals surface area contributed by atoms with Gasteiger partial charge in [0.05, 0.1) is 15.9 Å². The van der Waals surface area contributed by atoms with Crippen LogP contribution in [0.3, 0.4) is 0 Å². The Bertz CT molecular complexity index is 973. The Morgan fingerprint density at radius 1 is 1.25 bits per heavy atom. The first-order valence-electron chi connectivity index (χ1n) is 8.30. The first-order valence-corrected chi connectivity index (χ1v) is 9.50. The average molecular weight is 429 g/mol. The number of para-hydroxylation sites is 1. The van der Waals surface area contributed by atoms with Crippen LogP contribution in [-0.2, 0) is 9.53 Å². The topological polar surface area (TPSA) is 42.4 Å². The zero-order chi connectivity index (χ0) is 20.5. The molecule has 0 spiro atoms. The van der Waals surface area contributed by atoms with E-state index in [4.69, 9.17) is 16.3 Å². The molecular weight excluding hydrogens is 413 g/mol. The Labute approximate surface area is 168 Å². The number of ether oxygens (including phenoxy) is 1. The van der Waals surface area contributed by atoms with Crippen LogP contribution in [0.2, 0.25) is 5.02 Å². The van der Waals surface area contributed by atoms with Gasteiger partial charge in [-0.25, -0.2) is 4.98 Å². The third-order valence-electron chi connectivity index (χ3n) is 4.02. The normalized spacial score (nSPS) is 12.9. The van der Waals surface area contributed by atoms with E-state index in [1.54, 1.807) is 31.2 Å². The van der Waals surface area contributed by atoms with Crippen molar-refractivity contribution in [1.82, 2.24) is 4.98 Å². The predicted molar refractivity (Wildman–Crippen MR) is 104 cm³/mol. The van der Waals surface area contributed by atoms with Gasteiger partial charge in [-0.15, -0.1) is 0 Å². The minimum Gasteiger partial charge on any atom is -0.359 e. The van der Waals surface area contributed by atoms with Gasteiger partial charge in [0.2, 0.25) is 0 Å². The summed E-state index contributed by atoms with van der Waals surface area (Å²) in [6.07, 6.45) is -5.85. The quantitative estimate of drug-likeness (QED) is 0.508. The molecule has 0 aliphatic carbocycles. The third kappa shape index (κ3) is 4.45. The van der Waals surface area contributed by atoms with E-state index in [1.165, 1.54) is 23.2 Å². The van der Waals surface area contributed by atoms with E-state index >= 15 is 0 Å². The predicted octanol–water partition coefficient (Wildman–Crippen LogP) is 5.89. The number of fused-ring (bicyclic) bond motifs is 1. The molecule has 28 heavy (non-hydrogen) atoms. The number of anilines is 2. The van der Waals surface area contributed by atoms with E-state index in [9.17, 15) is 18.0 Å². The van der Waals surface area contributed by atoms with Gasteiger partial charge in [-0.1, -0.05) is 41.1 Å². The van der Waals surface area contributed by atoms with Crippen LogP contribution >= 0.6 is 22.9 Å². The van der Waals surface area contributed by atoms with Crippen molar-refractivity contribution < 1.29 is 22.7 Å². The van der Waals surface area contributed by atoms with Gasteiger partial charge in [0.1, 0.15) is 12.7 Å². The lowest BCUT2D eigenvalue weighted by atomic mass is 10.1. The van der Waals surface area contributed by atoms with Crippen molar-refractivity contribution in [2.24, 2.45) is 0 Å². The summed E-state index contributed by atoms with van der Waals surface area (Å²) in [5.41, 5.74) is 1.74. The molecule has 0 N–H and O–H groups in total. The molecule has 4 nitrogen and oxygen atoms in total. The zero-order valence-electron chi connectivity index (χ0n) is 15.0. The Hall–Kier alpha value is -2.16. The molecule has 3 rings (SSSR count). The SMILES string of the molecule is Cc1c(Cl)cccc1N(C(=O)C(C)OCC(F)(F)F)c1nc2ccccc2s1. The summed E-state index contributed by atoms with van der Waals surface area (Å²) in [4.78, 5) is 18.8. The molecule has 1 amide bonds. The Morgan fingerprint density at radius 3 is 2.64 bits per heavy atom. The van der Waals surface area contributed by atoms with Gasteiger partial charge < -0.3 is 4.74 Å². The number of thiazole rings is 1. The number of hydrogen-bond acceptors (Lipinski definition) is 4. The smallest absolute Gasteiger partial charge is 0.359 e. The monoisotopic (exact) mass is 428 g/mol. The van der Waals surface area contributed by atoms with Crippen LogP contribution in [0.15, 0.2) is 42.5 Å². The van der Waals surface area contributed by atoms with Gasteiger partial charge in [0.25, 0.3) is 5.91 Å². The number of rotatable bonds is 5. The lowest BCUT2D eigenvalue weighted by molar-refractivity contribution is -0.184. The average Bonchev–Trinajstić information content (AvgIpc) is 3.06. The van der Waals surface area contributed by atoms with E-state index in [0.717, 1.165) is 4.70 Å². The summed E-state index contributed by atoms with van der Waals surface area (Å²) in [6, 6.07) is 12.3. The molecule has 148 valence electrons. The molecule has 2 aromatic carbocycles. The second-order valence-electron chi connectivity index (χ2n) is 6.09. The number of carbonyl (C=O) groups is 1. The van der Waals surface area contributed by atoms with Crippen molar-refractivity contribution in [3.63, 3.8) is 0 Å². The molecule has 1 atom stereocenters. The number of halogens is 4. The summed E-state index contributed by atoms with van der Waals surface area (Å²) < 4.78 is 43.1. The highest BCUT2D eigenvalue weighted by molar-refractivity contribution is 7.22. The van der Waals surface area contributed by atoms with Gasteiger partial charge >= 0.3 is 6.18 Å². The molecule has 1 heterocycles. The number of hydrogen-bond donors (Lipinski definition) is 0. The van der Waals surface area contributed by atoms with Crippen molar-refractivity contribution in [2.45, 2.75) is 26.1 Å². The highest BCUT2D eigenvalue weighted by atomic mass is 35.5. The number of aromatic nitrogens is 1. The van der Waals surface area contributed by atoms with Gasteiger partial charge in [-0.05, 0) is 43.7 Å². The van der Waals surface area contributed by atoms with E-state index in [0.29, 0.717) is 26.9 Å². The minimum absolute atomic E-state index is 0.332. The van der Waals surface area contributed by atoms with E-state index in [1.807, 2.05) is 18.2 Å². The largest absolute Gasteiger partial charge is 0.411 e. The summed E-state index contributed by atoms with van der Waals surface area (Å²) in [5.74, 6) is -0.659. The third-order valence-corrected chi connectivity index (χ3v) is 5.45. The van der Waals surface area contributed by atoms with Gasteiger partial charge in [0.15, 0.2) is 5.13 Å². The lowest BCUT2D eigenvalue weighted by Crippen LogP contribution is -2.38. The second kappa shape index (κ2) is 8.06. The molecule has 1 unspecified atom stereocenters. The van der Waals surface area contributed by atoms with Crippen LogP contribution in [-0.4, -0.2) is 29.8 Å². The van der Waals surface area contributed by atoms with Crippen LogP contribution in [0.4, 0.5) is 24.0 Å². The molecule has 0 fully saturated rings. The maximum atomic E-state index is 13.1. The molecule has 0 bridgehead atoms. The fraction of sp³-hybridized carbons (Fsp3) is 0.263. The zero-order valence-corrected chi connectivity index (χ0v) is 16.5. The Balaban J connectivity index is 2.04. The number of benzene rings is 2. The number of nitrogens with zero attached hydrogens (tertiary/aromatic N) is 2. The van der Waals surface area contributed by atoms with Gasteiger partial charge in [0, 0.05) is 5.02 Å². The molecule has 0 saturated heterocycles. The first kappa shape index (κ1) is 20.6. The van der Waals surface area contributed by atoms with Gasteiger partial charge in [-0.2, -0.15) is 13.2 Å². The molecule has 9 heteroatoms. The summed E-state index contributed by atoms with van der Waals surface area (Å²) in [7, 11) is 0. The molecule has 0 aliphatic heterocycles. The van der Waals surface area contributed by atoms with E-state index in [2.05, 4.69) is 4.98 Å². The van der Waals surface area contributed by atoms with Crippen molar-refractivity contribution in [2.75, 3.05) is 11.5 Å². The van der Waals surface area contributed by atoms with Crippen molar-refractivity contribution in [3.05, 3.63) is 53.1 Å². The standard InChI is InChI=1S/C19H16ClF3N2O2S/c1-11-13(20)6-5-8-15(11)25(17(26)12(2)27-10-19(21,22)23)18-24-14-7-3-4-9-16(14)28-18/h3-9,12H,10H2,1-2H3. The summed E-state index contributed by atoms with van der Waals surface area (Å²) >= 11 is 7.45. The molecule has 0 radical (unpaired) electrons. The molecule has 0 aliphatic rings. The first-order chi connectivity index (χ1) is 13.2. The number of carbonyl (C=O) groups excluding carboxylic acids is 1. The van der Waals surface area contributed by atoms with Crippen LogP contribution in [0.1, 0.15) is 12.5 Å². The summed E-state index contributed by atoms with van der Waals surface area (Å²) in [5, 5.41) is 0.763. The maximum Gasteiger partial charge on any atom is 0.411 e. The molecule has 0 saturated carbocycles. The lowest BCUT2D eigenvalue weighted by Gasteiger charge is -2.25. The second-order valence-corrected chi connectivity index (χ2v) is 7.51. The van der Waals surface area contributed by atoms with Crippen LogP contribution in [0.5, 0.6) is 0 Å². The fourth-order valence-corrected chi connectivity index (χ4v) is 3.74. The Morgan fingerprint density at radius 2 is 1.96 bits per heavy atom. The summed E-state index contributed by atoms with van der Waals surface area (Å²) in [6.45, 7) is 1.50. The van der Waals surface area contributed by atoms with E-state index < -0.39 is 24.8 Å². The molecule has 3 aromatic rings. The number of amides is 1. The van der Waals surface area contributed by atoms with Gasteiger partial charge in [-0.3, -0.25) is 9.69 Å². The number of alkyl halides is 3. The van der Waals surface area contributed by atoms with Crippen LogP contribution in [0, 0.1) is 6.92 Å². The maximum absolute atomic E-state index is 13.1. The van der Waals surface area contributed by atoms with Crippen LogP contribution < -0.4 is 4.90 Å². The molecule has 1 aromatic heterocycles. The molecular formula is C19H16ClF3N2O2S. The minimum atomic E-state index is -4.53. The van der Waals surface area contributed by atoms with Crippen LogP contribution in [0.25, 0.3) is 10.2 Å². The van der Waals surface area contributed by atoms with Crippen molar-refractivity contribution in [3.8, 4) is 0 Å². The fourth-order valence-electron chi connectivity index (χ4n) is 2.58. The highest BCUT2D eigenvalue weighted by Crippen LogP contribution is 2.37. The van der Waals surface area contributed by atoms with Crippen molar-refractivity contribution in [1.29, 1.82) is 0 Å².